The minimum absolute atomic E-state index is 0.0316. The molecule has 2 N–H and O–H groups in total. The first-order valence-electron chi connectivity index (χ1n) is 6.57. The van der Waals surface area contributed by atoms with Crippen LogP contribution < -0.4 is 19.5 Å². The van der Waals surface area contributed by atoms with Crippen molar-refractivity contribution in [3.8, 4) is 11.5 Å². The van der Waals surface area contributed by atoms with E-state index in [1.54, 1.807) is 13.8 Å². The second-order valence-corrected chi connectivity index (χ2v) is 6.62. The van der Waals surface area contributed by atoms with E-state index < -0.39 is 10.0 Å². The minimum Gasteiger partial charge on any atom is -0.486 e. The van der Waals surface area contributed by atoms with Crippen molar-refractivity contribution in [2.24, 2.45) is 0 Å². The van der Waals surface area contributed by atoms with Crippen molar-refractivity contribution < 1.29 is 22.7 Å². The van der Waals surface area contributed by atoms with Crippen molar-refractivity contribution in [3.63, 3.8) is 0 Å². The van der Waals surface area contributed by atoms with Crippen LogP contribution in [0.5, 0.6) is 11.5 Å². The first-order chi connectivity index (χ1) is 9.88. The fourth-order valence-corrected chi connectivity index (χ4v) is 2.80. The molecule has 2 rings (SSSR count). The number of ether oxygens (including phenoxy) is 2. The number of benzene rings is 1. The molecule has 0 aromatic heterocycles. The normalized spacial score (nSPS) is 14.0. The molecule has 1 aromatic carbocycles. The second kappa shape index (κ2) is 6.31. The first-order valence-corrected chi connectivity index (χ1v) is 8.05. The fraction of sp³-hybridized carbons (Fsp3) is 0.462. The van der Waals surface area contributed by atoms with Gasteiger partial charge in [-0.25, -0.2) is 13.1 Å². The van der Waals surface area contributed by atoms with E-state index in [-0.39, 0.29) is 23.4 Å². The van der Waals surface area contributed by atoms with E-state index in [9.17, 15) is 13.2 Å². The third-order valence-electron chi connectivity index (χ3n) is 2.70. The molecule has 21 heavy (non-hydrogen) atoms. The summed E-state index contributed by atoms with van der Waals surface area (Å²) in [4.78, 5) is 11.5. The second-order valence-electron chi connectivity index (χ2n) is 4.85. The van der Waals surface area contributed by atoms with E-state index in [1.165, 1.54) is 18.2 Å². The molecule has 0 radical (unpaired) electrons. The van der Waals surface area contributed by atoms with Gasteiger partial charge in [0.05, 0.1) is 11.4 Å². The topological polar surface area (TPSA) is 93.7 Å². The standard InChI is InChI=1S/C13H18N2O5S/c1-9(2)15-13(16)8-14-21(17,18)10-3-4-11-12(7-10)20-6-5-19-11/h3-4,7,9,14H,5-6,8H2,1-2H3,(H,15,16). The number of fused-ring (bicyclic) bond motifs is 1. The molecule has 1 heterocycles. The SMILES string of the molecule is CC(C)NC(=O)CNS(=O)(=O)c1ccc2c(c1)OCCO2. The number of rotatable bonds is 5. The van der Waals surface area contributed by atoms with E-state index in [2.05, 4.69) is 10.0 Å². The van der Waals surface area contributed by atoms with Gasteiger partial charge in [0.15, 0.2) is 11.5 Å². The Morgan fingerprint density at radius 2 is 1.90 bits per heavy atom. The summed E-state index contributed by atoms with van der Waals surface area (Å²) in [6.07, 6.45) is 0. The van der Waals surface area contributed by atoms with Crippen LogP contribution in [0, 0.1) is 0 Å². The summed E-state index contributed by atoms with van der Waals surface area (Å²) in [6.45, 7) is 4.10. The summed E-state index contributed by atoms with van der Waals surface area (Å²) in [5.41, 5.74) is 0. The van der Waals surface area contributed by atoms with Gasteiger partial charge in [0.1, 0.15) is 13.2 Å². The van der Waals surface area contributed by atoms with Gasteiger partial charge in [0.25, 0.3) is 0 Å². The number of sulfonamides is 1. The Kier molecular flexibility index (Phi) is 4.69. The number of amides is 1. The maximum atomic E-state index is 12.1. The molecule has 116 valence electrons. The number of carbonyl (C=O) groups is 1. The molecule has 7 nitrogen and oxygen atoms in total. The van der Waals surface area contributed by atoms with E-state index >= 15 is 0 Å². The van der Waals surface area contributed by atoms with Gasteiger partial charge >= 0.3 is 0 Å². The zero-order valence-corrected chi connectivity index (χ0v) is 12.7. The van der Waals surface area contributed by atoms with Crippen molar-refractivity contribution in [1.29, 1.82) is 0 Å². The summed E-state index contributed by atoms with van der Waals surface area (Å²) in [6, 6.07) is 4.29. The van der Waals surface area contributed by atoms with Gasteiger partial charge in [-0.2, -0.15) is 0 Å². The molecule has 0 bridgehead atoms. The van der Waals surface area contributed by atoms with E-state index in [0.717, 1.165) is 0 Å². The smallest absolute Gasteiger partial charge is 0.241 e. The van der Waals surface area contributed by atoms with Crippen LogP contribution in [0.2, 0.25) is 0 Å². The maximum absolute atomic E-state index is 12.1. The highest BCUT2D eigenvalue weighted by Gasteiger charge is 2.20. The number of hydrogen-bond acceptors (Lipinski definition) is 5. The molecule has 0 saturated carbocycles. The summed E-state index contributed by atoms with van der Waals surface area (Å²) in [7, 11) is -3.77. The summed E-state index contributed by atoms with van der Waals surface area (Å²) >= 11 is 0. The van der Waals surface area contributed by atoms with Gasteiger partial charge in [0, 0.05) is 12.1 Å². The maximum Gasteiger partial charge on any atom is 0.241 e. The molecule has 0 unspecified atom stereocenters. The van der Waals surface area contributed by atoms with Gasteiger partial charge in [-0.3, -0.25) is 4.79 Å². The first kappa shape index (κ1) is 15.6. The molecule has 1 aromatic rings. The largest absolute Gasteiger partial charge is 0.486 e. The van der Waals surface area contributed by atoms with E-state index in [1.807, 2.05) is 0 Å². The average Bonchev–Trinajstić information content (AvgIpc) is 2.44. The van der Waals surface area contributed by atoms with Crippen molar-refractivity contribution in [1.82, 2.24) is 10.0 Å². The van der Waals surface area contributed by atoms with Gasteiger partial charge in [-0.05, 0) is 26.0 Å². The molecule has 0 atom stereocenters. The molecular formula is C13H18N2O5S. The number of carbonyl (C=O) groups excluding carboxylic acids is 1. The van der Waals surface area contributed by atoms with Gasteiger partial charge in [0.2, 0.25) is 15.9 Å². The molecule has 1 aliphatic heterocycles. The predicted molar refractivity (Wildman–Crippen MR) is 75.9 cm³/mol. The van der Waals surface area contributed by atoms with Crippen LogP contribution in [0.3, 0.4) is 0 Å². The summed E-state index contributed by atoms with van der Waals surface area (Å²) < 4.78 is 37.2. The Morgan fingerprint density at radius 3 is 2.57 bits per heavy atom. The van der Waals surface area contributed by atoms with Gasteiger partial charge in [-0.1, -0.05) is 0 Å². The van der Waals surface area contributed by atoms with E-state index in [0.29, 0.717) is 24.7 Å². The van der Waals surface area contributed by atoms with Crippen molar-refractivity contribution in [2.75, 3.05) is 19.8 Å². The van der Waals surface area contributed by atoms with Gasteiger partial charge in [-0.15, -0.1) is 0 Å². The fourth-order valence-electron chi connectivity index (χ4n) is 1.81. The summed E-state index contributed by atoms with van der Waals surface area (Å²) in [5, 5.41) is 2.61. The highest BCUT2D eigenvalue weighted by atomic mass is 32.2. The van der Waals surface area contributed by atoms with Crippen LogP contribution in [0.15, 0.2) is 23.1 Å². The molecule has 0 aliphatic carbocycles. The lowest BCUT2D eigenvalue weighted by molar-refractivity contribution is -0.120. The Labute approximate surface area is 123 Å². The molecule has 0 saturated heterocycles. The average molecular weight is 314 g/mol. The molecule has 1 aliphatic rings. The molecule has 1 amide bonds. The lowest BCUT2D eigenvalue weighted by Gasteiger charge is -2.19. The summed E-state index contributed by atoms with van der Waals surface area (Å²) in [5.74, 6) is 0.514. The van der Waals surface area contributed by atoms with Crippen LogP contribution in [0.25, 0.3) is 0 Å². The predicted octanol–water partition coefficient (Wildman–Crippen LogP) is 0.261. The number of hydrogen-bond donors (Lipinski definition) is 2. The molecule has 0 fully saturated rings. The quantitative estimate of drug-likeness (QED) is 0.813. The highest BCUT2D eigenvalue weighted by molar-refractivity contribution is 7.89. The zero-order chi connectivity index (χ0) is 15.5. The molecule has 0 spiro atoms. The highest BCUT2D eigenvalue weighted by Crippen LogP contribution is 2.32. The zero-order valence-electron chi connectivity index (χ0n) is 11.9. The van der Waals surface area contributed by atoms with Crippen LogP contribution >= 0.6 is 0 Å². The minimum atomic E-state index is -3.77. The lowest BCUT2D eigenvalue weighted by atomic mass is 10.3. The van der Waals surface area contributed by atoms with Crippen molar-refractivity contribution >= 4 is 15.9 Å². The Balaban J connectivity index is 2.07. The van der Waals surface area contributed by atoms with Crippen LogP contribution in [0.4, 0.5) is 0 Å². The Hall–Kier alpha value is -1.80. The third kappa shape index (κ3) is 4.08. The van der Waals surface area contributed by atoms with Crippen molar-refractivity contribution in [2.45, 2.75) is 24.8 Å². The van der Waals surface area contributed by atoms with Crippen LogP contribution in [-0.2, 0) is 14.8 Å². The monoisotopic (exact) mass is 314 g/mol. The third-order valence-corrected chi connectivity index (χ3v) is 4.10. The number of nitrogens with one attached hydrogen (secondary N) is 2. The van der Waals surface area contributed by atoms with Crippen molar-refractivity contribution in [3.05, 3.63) is 18.2 Å². The lowest BCUT2D eigenvalue weighted by Crippen LogP contribution is -2.39. The Bertz CT molecular complexity index is 627. The van der Waals surface area contributed by atoms with Gasteiger partial charge < -0.3 is 14.8 Å². The molecular weight excluding hydrogens is 296 g/mol. The molecule has 8 heteroatoms. The van der Waals surface area contributed by atoms with Crippen LogP contribution in [-0.4, -0.2) is 40.1 Å². The Morgan fingerprint density at radius 1 is 1.24 bits per heavy atom. The van der Waals surface area contributed by atoms with E-state index in [4.69, 9.17) is 9.47 Å². The van der Waals surface area contributed by atoms with Crippen LogP contribution in [0.1, 0.15) is 13.8 Å².